The van der Waals surface area contributed by atoms with Crippen LogP contribution in [0.5, 0.6) is 5.75 Å². The summed E-state index contributed by atoms with van der Waals surface area (Å²) in [6, 6.07) is 11.9. The van der Waals surface area contributed by atoms with Crippen LogP contribution < -0.4 is 4.74 Å². The molecule has 0 fully saturated rings. The molecule has 0 unspecified atom stereocenters. The van der Waals surface area contributed by atoms with Crippen LogP contribution >= 0.6 is 0 Å². The van der Waals surface area contributed by atoms with E-state index in [1.807, 2.05) is 30.3 Å². The Hall–Kier alpha value is -1.83. The summed E-state index contributed by atoms with van der Waals surface area (Å²) in [6.45, 7) is 5.98. The van der Waals surface area contributed by atoms with Gasteiger partial charge in [-0.2, -0.15) is 0 Å². The number of carbonyl (C=O) groups is 1. The molecule has 2 aromatic rings. The smallest absolute Gasteiger partial charge is 0.159 e. The zero-order valence-electron chi connectivity index (χ0n) is 13.2. The van der Waals surface area contributed by atoms with E-state index in [0.29, 0.717) is 6.10 Å². The Balaban J connectivity index is 2.22. The highest BCUT2D eigenvalue weighted by Crippen LogP contribution is 2.24. The van der Waals surface area contributed by atoms with Gasteiger partial charge in [0.25, 0.3) is 0 Å². The number of Topliss-reactive ketones (excluding diaryl/α,β-unsaturated/α-hetero) is 1. The maximum Gasteiger partial charge on any atom is 0.159 e. The Bertz CT molecular complexity index is 610. The van der Waals surface area contributed by atoms with Gasteiger partial charge in [0.1, 0.15) is 5.75 Å². The fourth-order valence-electron chi connectivity index (χ4n) is 2.61. The molecule has 2 rings (SSSR count). The molecular formula is C19H24O2. The van der Waals surface area contributed by atoms with Crippen LogP contribution in [0.3, 0.4) is 0 Å². The van der Waals surface area contributed by atoms with E-state index in [9.17, 15) is 4.79 Å². The SMILES string of the molecule is CCCC(CCC)Oc1ccc2cc(C(C)=O)ccc2c1. The average Bonchev–Trinajstić information content (AvgIpc) is 2.47. The number of rotatable bonds is 7. The Morgan fingerprint density at radius 3 is 2.24 bits per heavy atom. The second-order valence-electron chi connectivity index (χ2n) is 5.60. The molecule has 0 aromatic heterocycles. The molecule has 0 spiro atoms. The minimum absolute atomic E-state index is 0.100. The summed E-state index contributed by atoms with van der Waals surface area (Å²) in [4.78, 5) is 11.4. The second-order valence-corrected chi connectivity index (χ2v) is 5.60. The van der Waals surface area contributed by atoms with E-state index in [1.54, 1.807) is 6.92 Å². The number of hydrogen-bond donors (Lipinski definition) is 0. The highest BCUT2D eigenvalue weighted by Gasteiger charge is 2.09. The molecule has 0 heterocycles. The molecule has 0 radical (unpaired) electrons. The molecule has 0 saturated carbocycles. The number of benzene rings is 2. The van der Waals surface area contributed by atoms with E-state index in [0.717, 1.165) is 47.8 Å². The van der Waals surface area contributed by atoms with Gasteiger partial charge in [0, 0.05) is 5.56 Å². The van der Waals surface area contributed by atoms with Crippen molar-refractivity contribution in [3.63, 3.8) is 0 Å². The van der Waals surface area contributed by atoms with Crippen molar-refractivity contribution >= 4 is 16.6 Å². The van der Waals surface area contributed by atoms with Crippen LogP contribution in [-0.4, -0.2) is 11.9 Å². The Morgan fingerprint density at radius 2 is 1.62 bits per heavy atom. The summed E-state index contributed by atoms with van der Waals surface area (Å²) in [5, 5.41) is 2.20. The maximum absolute atomic E-state index is 11.4. The van der Waals surface area contributed by atoms with Gasteiger partial charge in [0.05, 0.1) is 6.10 Å². The van der Waals surface area contributed by atoms with E-state index in [-0.39, 0.29) is 5.78 Å². The standard InChI is InChI=1S/C19H24O2/c1-4-6-18(7-5-2)21-19-11-10-16-12-15(14(3)20)8-9-17(16)13-19/h8-13,18H,4-7H2,1-3H3. The van der Waals surface area contributed by atoms with Gasteiger partial charge in [-0.3, -0.25) is 4.79 Å². The summed E-state index contributed by atoms with van der Waals surface area (Å²) in [6.07, 6.45) is 4.76. The van der Waals surface area contributed by atoms with Crippen molar-refractivity contribution in [2.24, 2.45) is 0 Å². The van der Waals surface area contributed by atoms with E-state index in [1.165, 1.54) is 0 Å². The number of ketones is 1. The van der Waals surface area contributed by atoms with Crippen LogP contribution in [0.2, 0.25) is 0 Å². The van der Waals surface area contributed by atoms with Crippen molar-refractivity contribution in [1.82, 2.24) is 0 Å². The molecule has 2 nitrogen and oxygen atoms in total. The minimum atomic E-state index is 0.100. The fourth-order valence-corrected chi connectivity index (χ4v) is 2.61. The van der Waals surface area contributed by atoms with Crippen molar-refractivity contribution < 1.29 is 9.53 Å². The quantitative estimate of drug-likeness (QED) is 0.637. The predicted molar refractivity (Wildman–Crippen MR) is 88.2 cm³/mol. The first-order chi connectivity index (χ1) is 10.1. The van der Waals surface area contributed by atoms with Gasteiger partial charge in [0.2, 0.25) is 0 Å². The second kappa shape index (κ2) is 7.26. The fraction of sp³-hybridized carbons (Fsp3) is 0.421. The first-order valence-corrected chi connectivity index (χ1v) is 7.85. The van der Waals surface area contributed by atoms with E-state index in [2.05, 4.69) is 19.9 Å². The molecule has 2 aromatic carbocycles. The first kappa shape index (κ1) is 15.6. The van der Waals surface area contributed by atoms with E-state index in [4.69, 9.17) is 4.74 Å². The summed E-state index contributed by atoms with van der Waals surface area (Å²) in [5.74, 6) is 1.02. The highest BCUT2D eigenvalue weighted by atomic mass is 16.5. The van der Waals surface area contributed by atoms with Crippen molar-refractivity contribution in [3.05, 3.63) is 42.0 Å². The zero-order valence-corrected chi connectivity index (χ0v) is 13.2. The lowest BCUT2D eigenvalue weighted by molar-refractivity contribution is 0.101. The normalized spacial score (nSPS) is 11.0. The molecule has 0 aliphatic carbocycles. The van der Waals surface area contributed by atoms with Gasteiger partial charge in [-0.25, -0.2) is 0 Å². The van der Waals surface area contributed by atoms with Crippen molar-refractivity contribution in [2.45, 2.75) is 52.6 Å². The topological polar surface area (TPSA) is 26.3 Å². The molecule has 112 valence electrons. The van der Waals surface area contributed by atoms with Crippen molar-refractivity contribution in [3.8, 4) is 5.75 Å². The summed E-state index contributed by atoms with van der Waals surface area (Å²) in [5.41, 5.74) is 0.756. The van der Waals surface area contributed by atoms with E-state index < -0.39 is 0 Å². The van der Waals surface area contributed by atoms with Crippen molar-refractivity contribution in [1.29, 1.82) is 0 Å². The lowest BCUT2D eigenvalue weighted by atomic mass is 10.0. The third-order valence-corrected chi connectivity index (χ3v) is 3.74. The predicted octanol–water partition coefficient (Wildman–Crippen LogP) is 5.39. The molecule has 0 saturated heterocycles. The molecule has 0 aliphatic rings. The van der Waals surface area contributed by atoms with Gasteiger partial charge < -0.3 is 4.74 Å². The van der Waals surface area contributed by atoms with Gasteiger partial charge >= 0.3 is 0 Å². The van der Waals surface area contributed by atoms with Crippen LogP contribution in [0.1, 0.15) is 56.8 Å². The van der Waals surface area contributed by atoms with E-state index >= 15 is 0 Å². The van der Waals surface area contributed by atoms with Crippen LogP contribution in [0.15, 0.2) is 36.4 Å². The minimum Gasteiger partial charge on any atom is -0.490 e. The Morgan fingerprint density at radius 1 is 1.00 bits per heavy atom. The largest absolute Gasteiger partial charge is 0.490 e. The van der Waals surface area contributed by atoms with Gasteiger partial charge in [-0.15, -0.1) is 0 Å². The average molecular weight is 284 g/mol. The molecule has 0 amide bonds. The monoisotopic (exact) mass is 284 g/mol. The summed E-state index contributed by atoms with van der Waals surface area (Å²) < 4.78 is 6.11. The molecule has 0 bridgehead atoms. The van der Waals surface area contributed by atoms with Crippen LogP contribution in [0.4, 0.5) is 0 Å². The lowest BCUT2D eigenvalue weighted by Crippen LogP contribution is -2.15. The molecule has 0 N–H and O–H groups in total. The van der Waals surface area contributed by atoms with Gasteiger partial charge in [-0.1, -0.05) is 44.9 Å². The molecule has 0 aliphatic heterocycles. The number of ether oxygens (including phenoxy) is 1. The maximum atomic E-state index is 11.4. The van der Waals surface area contributed by atoms with Crippen LogP contribution in [0.25, 0.3) is 10.8 Å². The summed E-state index contributed by atoms with van der Waals surface area (Å²) >= 11 is 0. The van der Waals surface area contributed by atoms with Crippen molar-refractivity contribution in [2.75, 3.05) is 0 Å². The third kappa shape index (κ3) is 4.07. The first-order valence-electron chi connectivity index (χ1n) is 7.85. The van der Waals surface area contributed by atoms with Crippen LogP contribution in [-0.2, 0) is 0 Å². The molecule has 21 heavy (non-hydrogen) atoms. The van der Waals surface area contributed by atoms with Crippen LogP contribution in [0, 0.1) is 0 Å². The molecular weight excluding hydrogens is 260 g/mol. The Labute approximate surface area is 127 Å². The van der Waals surface area contributed by atoms with Gasteiger partial charge in [0.15, 0.2) is 5.78 Å². The van der Waals surface area contributed by atoms with Gasteiger partial charge in [-0.05, 0) is 48.7 Å². The highest BCUT2D eigenvalue weighted by molar-refractivity contribution is 5.98. The lowest BCUT2D eigenvalue weighted by Gasteiger charge is -2.18. The molecule has 2 heteroatoms. The third-order valence-electron chi connectivity index (χ3n) is 3.74. The summed E-state index contributed by atoms with van der Waals surface area (Å²) in [7, 11) is 0. The zero-order chi connectivity index (χ0) is 15.2. The number of hydrogen-bond acceptors (Lipinski definition) is 2. The molecule has 0 atom stereocenters. The number of carbonyl (C=O) groups excluding carboxylic acids is 1. The number of fused-ring (bicyclic) bond motifs is 1. The Kier molecular flexibility index (Phi) is 5.38.